The summed E-state index contributed by atoms with van der Waals surface area (Å²) in [5.41, 5.74) is 0. The van der Waals surface area contributed by atoms with Crippen molar-refractivity contribution in [2.45, 2.75) is 25.7 Å². The van der Waals surface area contributed by atoms with E-state index in [-0.39, 0.29) is 58.4 Å². The molecule has 0 aromatic rings. The first-order valence-corrected chi connectivity index (χ1v) is 7.06. The molecule has 0 atom stereocenters. The van der Waals surface area contributed by atoms with Crippen LogP contribution in [0.25, 0.3) is 0 Å². The summed E-state index contributed by atoms with van der Waals surface area (Å²) in [5.74, 6) is -3.01. The van der Waals surface area contributed by atoms with Crippen LogP contribution in [0.1, 0.15) is 25.7 Å². The summed E-state index contributed by atoms with van der Waals surface area (Å²) in [7, 11) is 2.98. The standard InChI is InChI=1S/2C7H12O5.Zn/c2*1-11-4-5-12-7(10)3-2-6(8)9;/h2*2-5H2,1H3,(H,8,9);. The third-order valence-corrected chi connectivity index (χ3v) is 2.19. The quantitative estimate of drug-likeness (QED) is 0.254. The van der Waals surface area contributed by atoms with Crippen LogP contribution < -0.4 is 0 Å². The second-order valence-corrected chi connectivity index (χ2v) is 4.21. The van der Waals surface area contributed by atoms with E-state index in [9.17, 15) is 19.2 Å². The predicted molar refractivity (Wildman–Crippen MR) is 79.4 cm³/mol. The molecular weight excluding hydrogens is 394 g/mol. The zero-order valence-corrected chi connectivity index (χ0v) is 17.5. The average molecular weight is 418 g/mol. The fourth-order valence-electron chi connectivity index (χ4n) is 1.04. The minimum atomic E-state index is -1.00. The molecule has 11 heteroatoms. The van der Waals surface area contributed by atoms with Crippen LogP contribution in [0.15, 0.2) is 0 Å². The fraction of sp³-hybridized carbons (Fsp3) is 0.714. The Morgan fingerprint density at radius 2 is 0.960 bits per heavy atom. The van der Waals surface area contributed by atoms with Gasteiger partial charge >= 0.3 is 23.9 Å². The van der Waals surface area contributed by atoms with Gasteiger partial charge in [-0.05, 0) is 0 Å². The van der Waals surface area contributed by atoms with E-state index >= 15 is 0 Å². The Bertz CT molecular complexity index is 350. The monoisotopic (exact) mass is 416 g/mol. The summed E-state index contributed by atoms with van der Waals surface area (Å²) in [4.78, 5) is 41.4. The summed E-state index contributed by atoms with van der Waals surface area (Å²) in [6.45, 7) is 1.02. The van der Waals surface area contributed by atoms with Crippen LogP contribution >= 0.6 is 0 Å². The average Bonchev–Trinajstić information content (AvgIpc) is 2.52. The maximum Gasteiger partial charge on any atom is 0.306 e. The molecule has 0 aliphatic heterocycles. The number of aliphatic carboxylic acids is 2. The molecule has 0 aliphatic rings. The van der Waals surface area contributed by atoms with Gasteiger partial charge in [-0.15, -0.1) is 0 Å². The van der Waals surface area contributed by atoms with Crippen molar-refractivity contribution < 1.29 is 67.8 Å². The number of carbonyl (C=O) groups excluding carboxylic acids is 2. The molecule has 142 valence electrons. The van der Waals surface area contributed by atoms with Gasteiger partial charge in [0, 0.05) is 33.7 Å². The third-order valence-electron chi connectivity index (χ3n) is 2.19. The van der Waals surface area contributed by atoms with Crippen LogP contribution in [-0.2, 0) is 57.6 Å². The Morgan fingerprint density at radius 3 is 1.20 bits per heavy atom. The van der Waals surface area contributed by atoms with Gasteiger partial charge in [-0.1, -0.05) is 0 Å². The zero-order chi connectivity index (χ0) is 18.8. The number of carbonyl (C=O) groups is 4. The van der Waals surface area contributed by atoms with Crippen molar-refractivity contribution in [3.8, 4) is 0 Å². The normalized spacial score (nSPS) is 9.04. The number of rotatable bonds is 12. The van der Waals surface area contributed by atoms with Gasteiger partial charge in [-0.25, -0.2) is 0 Å². The van der Waals surface area contributed by atoms with E-state index in [0.29, 0.717) is 13.2 Å². The fourth-order valence-corrected chi connectivity index (χ4v) is 1.04. The SMILES string of the molecule is COCCOC(=O)CCC(=O)O.COCCOC(=O)CCC(=O)O.[Zn]. The largest absolute Gasteiger partial charge is 0.481 e. The van der Waals surface area contributed by atoms with Gasteiger partial charge in [0.15, 0.2) is 0 Å². The molecule has 0 aliphatic carbocycles. The number of esters is 2. The second-order valence-electron chi connectivity index (χ2n) is 4.21. The Kier molecular flexibility index (Phi) is 23.1. The second kappa shape index (κ2) is 20.5. The van der Waals surface area contributed by atoms with Crippen molar-refractivity contribution in [2.24, 2.45) is 0 Å². The van der Waals surface area contributed by atoms with Crippen molar-refractivity contribution in [3.05, 3.63) is 0 Å². The molecule has 0 spiro atoms. The van der Waals surface area contributed by atoms with Crippen molar-refractivity contribution in [1.82, 2.24) is 0 Å². The molecular formula is C14H24O10Zn. The number of hydrogen-bond acceptors (Lipinski definition) is 8. The first kappa shape index (κ1) is 28.2. The molecule has 25 heavy (non-hydrogen) atoms. The van der Waals surface area contributed by atoms with Crippen LogP contribution in [0.2, 0.25) is 0 Å². The zero-order valence-electron chi connectivity index (χ0n) is 14.5. The molecule has 10 nitrogen and oxygen atoms in total. The third kappa shape index (κ3) is 27.6. The molecule has 0 aromatic heterocycles. The summed E-state index contributed by atoms with van der Waals surface area (Å²) in [5, 5.41) is 16.4. The summed E-state index contributed by atoms with van der Waals surface area (Å²) in [6.07, 6.45) is -0.546. The summed E-state index contributed by atoms with van der Waals surface area (Å²) >= 11 is 0. The molecule has 0 radical (unpaired) electrons. The van der Waals surface area contributed by atoms with E-state index < -0.39 is 23.9 Å². The molecule has 0 unspecified atom stereocenters. The molecule has 0 bridgehead atoms. The van der Waals surface area contributed by atoms with Gasteiger partial charge in [-0.3, -0.25) is 19.2 Å². The summed E-state index contributed by atoms with van der Waals surface area (Å²) in [6, 6.07) is 0. The molecule has 0 saturated carbocycles. The number of hydrogen-bond donors (Lipinski definition) is 2. The Hall–Kier alpha value is -1.58. The molecule has 0 rings (SSSR count). The van der Waals surface area contributed by atoms with Gasteiger partial charge in [0.05, 0.1) is 38.9 Å². The van der Waals surface area contributed by atoms with E-state index in [1.54, 1.807) is 0 Å². The van der Waals surface area contributed by atoms with Crippen LogP contribution in [0.5, 0.6) is 0 Å². The van der Waals surface area contributed by atoms with Crippen molar-refractivity contribution in [1.29, 1.82) is 0 Å². The topological polar surface area (TPSA) is 146 Å². The molecule has 2 N–H and O–H groups in total. The van der Waals surface area contributed by atoms with Gasteiger partial charge in [-0.2, -0.15) is 0 Å². The Labute approximate surface area is 158 Å². The minimum absolute atomic E-state index is 0. The minimum Gasteiger partial charge on any atom is -0.481 e. The van der Waals surface area contributed by atoms with E-state index in [1.807, 2.05) is 0 Å². The Balaban J connectivity index is -0.000000372. The number of ether oxygens (including phenoxy) is 4. The number of carboxylic acid groups (broad SMARTS) is 2. The predicted octanol–water partition coefficient (Wildman–Crippen LogP) is 0.0791. The van der Waals surface area contributed by atoms with Crippen molar-refractivity contribution in [3.63, 3.8) is 0 Å². The van der Waals surface area contributed by atoms with Gasteiger partial charge in [0.2, 0.25) is 0 Å². The maximum atomic E-state index is 10.7. The molecule has 0 fully saturated rings. The van der Waals surface area contributed by atoms with Gasteiger partial charge < -0.3 is 29.2 Å². The van der Waals surface area contributed by atoms with Crippen LogP contribution in [0.4, 0.5) is 0 Å². The molecule has 0 saturated heterocycles. The van der Waals surface area contributed by atoms with E-state index in [4.69, 9.17) is 10.2 Å². The van der Waals surface area contributed by atoms with Gasteiger partial charge in [0.1, 0.15) is 13.2 Å². The molecule has 0 amide bonds. The molecule has 0 heterocycles. The smallest absolute Gasteiger partial charge is 0.306 e. The van der Waals surface area contributed by atoms with E-state index in [0.717, 1.165) is 0 Å². The van der Waals surface area contributed by atoms with Crippen LogP contribution in [0.3, 0.4) is 0 Å². The van der Waals surface area contributed by atoms with Crippen molar-refractivity contribution in [2.75, 3.05) is 40.6 Å². The number of carboxylic acids is 2. The van der Waals surface area contributed by atoms with Crippen molar-refractivity contribution >= 4 is 23.9 Å². The molecule has 0 aromatic carbocycles. The van der Waals surface area contributed by atoms with E-state index in [2.05, 4.69) is 18.9 Å². The maximum absolute atomic E-state index is 10.7. The first-order valence-electron chi connectivity index (χ1n) is 7.06. The van der Waals surface area contributed by atoms with Crippen LogP contribution in [0, 0.1) is 0 Å². The Morgan fingerprint density at radius 1 is 0.640 bits per heavy atom. The first-order chi connectivity index (χ1) is 11.3. The number of methoxy groups -OCH3 is 2. The van der Waals surface area contributed by atoms with Gasteiger partial charge in [0.25, 0.3) is 0 Å². The summed E-state index contributed by atoms with van der Waals surface area (Å²) < 4.78 is 18.5. The van der Waals surface area contributed by atoms with E-state index in [1.165, 1.54) is 14.2 Å². The van der Waals surface area contributed by atoms with Crippen LogP contribution in [-0.4, -0.2) is 74.7 Å².